The zero-order valence-electron chi connectivity index (χ0n) is 17.4. The van der Waals surface area contributed by atoms with Gasteiger partial charge in [0, 0.05) is 31.9 Å². The third-order valence-corrected chi connectivity index (χ3v) is 6.39. The van der Waals surface area contributed by atoms with Crippen molar-refractivity contribution < 1.29 is 23.5 Å². The number of carbonyl (C=O) groups excluding carboxylic acids is 3. The Hall–Kier alpha value is -2.77. The van der Waals surface area contributed by atoms with Crippen molar-refractivity contribution in [2.24, 2.45) is 0 Å². The molecule has 1 aliphatic rings. The van der Waals surface area contributed by atoms with E-state index < -0.39 is 6.09 Å². The van der Waals surface area contributed by atoms with Crippen LogP contribution >= 0.6 is 23.1 Å². The molecule has 10 nitrogen and oxygen atoms in total. The van der Waals surface area contributed by atoms with E-state index in [0.29, 0.717) is 41.3 Å². The Kier molecular flexibility index (Phi) is 8.76. The highest BCUT2D eigenvalue weighted by Crippen LogP contribution is 2.26. The van der Waals surface area contributed by atoms with Crippen molar-refractivity contribution in [3.8, 4) is 0 Å². The molecule has 13 heteroatoms. The van der Waals surface area contributed by atoms with Gasteiger partial charge in [-0.15, -0.1) is 10.2 Å². The molecule has 172 valence electrons. The fourth-order valence-corrected chi connectivity index (χ4v) is 4.52. The number of thioether (sulfide) groups is 1. The number of anilines is 2. The number of halogens is 1. The van der Waals surface area contributed by atoms with E-state index in [-0.39, 0.29) is 36.5 Å². The number of aromatic nitrogens is 2. The van der Waals surface area contributed by atoms with Crippen LogP contribution in [0.25, 0.3) is 0 Å². The maximum atomic E-state index is 12.9. The summed E-state index contributed by atoms with van der Waals surface area (Å²) in [6.45, 7) is 4.38. The highest BCUT2D eigenvalue weighted by molar-refractivity contribution is 8.01. The van der Waals surface area contributed by atoms with Crippen LogP contribution in [0.4, 0.5) is 20.0 Å². The Bertz CT molecular complexity index is 934. The lowest BCUT2D eigenvalue weighted by Crippen LogP contribution is -2.50. The molecule has 2 N–H and O–H groups in total. The zero-order chi connectivity index (χ0) is 22.9. The molecule has 1 saturated heterocycles. The van der Waals surface area contributed by atoms with E-state index in [4.69, 9.17) is 4.74 Å². The van der Waals surface area contributed by atoms with Crippen molar-refractivity contribution in [3.05, 3.63) is 30.1 Å². The van der Waals surface area contributed by atoms with Crippen molar-refractivity contribution in [2.45, 2.75) is 11.3 Å². The Morgan fingerprint density at radius 1 is 1.12 bits per heavy atom. The molecule has 1 aromatic carbocycles. The minimum atomic E-state index is -0.597. The van der Waals surface area contributed by atoms with Crippen LogP contribution < -0.4 is 10.6 Å². The van der Waals surface area contributed by atoms with Crippen LogP contribution in [0, 0.1) is 5.82 Å². The second-order valence-corrected chi connectivity index (χ2v) is 8.92. The standard InChI is InChI=1S/C19H23FN6O4S2/c1-2-30-18(29)22-17-23-24-19(32-17)31-12-16(28)26-9-7-25(8-10-26)11-15(27)21-14-5-3-13(20)4-6-14/h3-6H,2,7-12H2,1H3,(H,21,27)(H,22,23,29). The number of carbonyl (C=O) groups is 3. The average molecular weight is 483 g/mol. The van der Waals surface area contributed by atoms with Gasteiger partial charge in [0.2, 0.25) is 16.9 Å². The van der Waals surface area contributed by atoms with Gasteiger partial charge in [0.25, 0.3) is 0 Å². The van der Waals surface area contributed by atoms with E-state index in [9.17, 15) is 18.8 Å². The van der Waals surface area contributed by atoms with Crippen LogP contribution in [0.3, 0.4) is 0 Å². The number of ether oxygens (including phenoxy) is 1. The lowest BCUT2D eigenvalue weighted by molar-refractivity contribution is -0.130. The van der Waals surface area contributed by atoms with Crippen LogP contribution in [-0.2, 0) is 14.3 Å². The SMILES string of the molecule is CCOC(=O)Nc1nnc(SCC(=O)N2CCN(CC(=O)Nc3ccc(F)cc3)CC2)s1. The van der Waals surface area contributed by atoms with Gasteiger partial charge in [0.15, 0.2) is 4.34 Å². The molecular weight excluding hydrogens is 459 g/mol. The summed E-state index contributed by atoms with van der Waals surface area (Å²) in [6, 6.07) is 5.60. The fraction of sp³-hybridized carbons (Fsp3) is 0.421. The maximum Gasteiger partial charge on any atom is 0.413 e. The zero-order valence-corrected chi connectivity index (χ0v) is 19.0. The summed E-state index contributed by atoms with van der Waals surface area (Å²) in [5.41, 5.74) is 0.541. The summed E-state index contributed by atoms with van der Waals surface area (Å²) in [5.74, 6) is -0.364. The second-order valence-electron chi connectivity index (χ2n) is 6.72. The molecule has 32 heavy (non-hydrogen) atoms. The van der Waals surface area contributed by atoms with Crippen LogP contribution in [-0.4, -0.2) is 83.0 Å². The van der Waals surface area contributed by atoms with Crippen LogP contribution in [0.2, 0.25) is 0 Å². The summed E-state index contributed by atoms with van der Waals surface area (Å²) < 4.78 is 18.3. The van der Waals surface area contributed by atoms with Crippen LogP contribution in [0.5, 0.6) is 0 Å². The molecule has 0 atom stereocenters. The summed E-state index contributed by atoms with van der Waals surface area (Å²) >= 11 is 2.42. The number of piperazine rings is 1. The van der Waals surface area contributed by atoms with Gasteiger partial charge in [-0.1, -0.05) is 23.1 Å². The predicted molar refractivity (Wildman–Crippen MR) is 119 cm³/mol. The van der Waals surface area contributed by atoms with Crippen molar-refractivity contribution >= 4 is 51.8 Å². The highest BCUT2D eigenvalue weighted by atomic mass is 32.2. The van der Waals surface area contributed by atoms with Crippen LogP contribution in [0.1, 0.15) is 6.92 Å². The molecule has 0 aliphatic carbocycles. The van der Waals surface area contributed by atoms with E-state index in [1.807, 2.05) is 4.90 Å². The van der Waals surface area contributed by atoms with Gasteiger partial charge in [-0.05, 0) is 31.2 Å². The highest BCUT2D eigenvalue weighted by Gasteiger charge is 2.23. The third kappa shape index (κ3) is 7.43. The summed E-state index contributed by atoms with van der Waals surface area (Å²) in [7, 11) is 0. The van der Waals surface area contributed by atoms with E-state index >= 15 is 0 Å². The Morgan fingerprint density at radius 3 is 2.53 bits per heavy atom. The van der Waals surface area contributed by atoms with Gasteiger partial charge >= 0.3 is 6.09 Å². The molecule has 1 fully saturated rings. The molecule has 3 amide bonds. The number of nitrogens with zero attached hydrogens (tertiary/aromatic N) is 4. The number of rotatable bonds is 8. The second kappa shape index (κ2) is 11.7. The van der Waals surface area contributed by atoms with Gasteiger partial charge in [-0.3, -0.25) is 19.8 Å². The molecule has 2 aromatic rings. The first kappa shape index (κ1) is 23.9. The smallest absolute Gasteiger partial charge is 0.413 e. The summed E-state index contributed by atoms with van der Waals surface area (Å²) in [6.07, 6.45) is -0.597. The topological polar surface area (TPSA) is 117 Å². The Morgan fingerprint density at radius 2 is 1.84 bits per heavy atom. The normalized spacial score (nSPS) is 14.1. The first-order valence-corrected chi connectivity index (χ1v) is 11.7. The lowest BCUT2D eigenvalue weighted by atomic mass is 10.3. The van der Waals surface area contributed by atoms with Gasteiger partial charge in [0.05, 0.1) is 18.9 Å². The van der Waals surface area contributed by atoms with E-state index in [0.717, 1.165) is 0 Å². The monoisotopic (exact) mass is 482 g/mol. The first-order valence-electron chi connectivity index (χ1n) is 9.88. The van der Waals surface area contributed by atoms with E-state index in [2.05, 4.69) is 20.8 Å². The fourth-order valence-electron chi connectivity index (χ4n) is 2.88. The quantitative estimate of drug-likeness (QED) is 0.434. The van der Waals surface area contributed by atoms with Gasteiger partial charge in [0.1, 0.15) is 5.82 Å². The average Bonchev–Trinajstić information content (AvgIpc) is 3.21. The molecule has 2 heterocycles. The molecular formula is C19H23FN6O4S2. The van der Waals surface area contributed by atoms with Crippen molar-refractivity contribution in [1.82, 2.24) is 20.0 Å². The summed E-state index contributed by atoms with van der Waals surface area (Å²) in [4.78, 5) is 39.8. The maximum absolute atomic E-state index is 12.9. The van der Waals surface area contributed by atoms with E-state index in [1.165, 1.54) is 47.4 Å². The molecule has 1 aromatic heterocycles. The van der Waals surface area contributed by atoms with Crippen molar-refractivity contribution in [2.75, 3.05) is 55.7 Å². The number of nitrogens with one attached hydrogen (secondary N) is 2. The molecule has 1 aliphatic heterocycles. The van der Waals surface area contributed by atoms with Gasteiger partial charge in [-0.2, -0.15) is 0 Å². The molecule has 0 unspecified atom stereocenters. The van der Waals surface area contributed by atoms with Gasteiger partial charge < -0.3 is 15.0 Å². The molecule has 0 spiro atoms. The number of hydrogen-bond donors (Lipinski definition) is 2. The molecule has 0 bridgehead atoms. The largest absolute Gasteiger partial charge is 0.450 e. The Balaban J connectivity index is 1.36. The first-order chi connectivity index (χ1) is 15.4. The minimum Gasteiger partial charge on any atom is -0.450 e. The minimum absolute atomic E-state index is 0.0273. The number of benzene rings is 1. The van der Waals surface area contributed by atoms with Crippen molar-refractivity contribution in [3.63, 3.8) is 0 Å². The predicted octanol–water partition coefficient (Wildman–Crippen LogP) is 2.12. The Labute approximate surface area is 192 Å². The van der Waals surface area contributed by atoms with Crippen LogP contribution in [0.15, 0.2) is 28.6 Å². The van der Waals surface area contributed by atoms with E-state index in [1.54, 1.807) is 11.8 Å². The van der Waals surface area contributed by atoms with Gasteiger partial charge in [-0.25, -0.2) is 9.18 Å². The lowest BCUT2D eigenvalue weighted by Gasteiger charge is -2.34. The van der Waals surface area contributed by atoms with Crippen molar-refractivity contribution in [1.29, 1.82) is 0 Å². The summed E-state index contributed by atoms with van der Waals surface area (Å²) in [5, 5.41) is 13.3. The molecule has 3 rings (SSSR count). The number of hydrogen-bond acceptors (Lipinski definition) is 9. The molecule has 0 saturated carbocycles. The number of amides is 3. The molecule has 0 radical (unpaired) electrons. The third-order valence-electron chi connectivity index (χ3n) is 4.43.